The van der Waals surface area contributed by atoms with Crippen LogP contribution in [0.1, 0.15) is 22.6 Å². The molecule has 0 aliphatic heterocycles. The molecule has 0 saturated carbocycles. The molecular weight excluding hydrogens is 413 g/mol. The van der Waals surface area contributed by atoms with E-state index >= 15 is 0 Å². The van der Waals surface area contributed by atoms with Gasteiger partial charge in [0.15, 0.2) is 11.5 Å². The van der Waals surface area contributed by atoms with Crippen molar-refractivity contribution < 1.29 is 20.4 Å². The zero-order valence-corrected chi connectivity index (χ0v) is 14.1. The quantitative estimate of drug-likeness (QED) is 0.335. The third-order valence-electron chi connectivity index (χ3n) is 4.21. The molecule has 0 saturated heterocycles. The number of hydrogen-bond acceptors (Lipinski definition) is 6. The topological polar surface area (TPSA) is 110 Å². The average Bonchev–Trinajstić information content (AvgIpc) is 2.51. The number of nitrogens with zero attached hydrogens (tertiary/aromatic N) is 1. The third-order valence-corrected chi connectivity index (χ3v) is 5.04. The van der Waals surface area contributed by atoms with Gasteiger partial charge in [-0.1, -0.05) is 0 Å². The average molecular weight is 427 g/mol. The molecular formula is C16H14INO5. The second-order valence-electron chi connectivity index (χ2n) is 5.65. The van der Waals surface area contributed by atoms with E-state index in [0.717, 1.165) is 5.56 Å². The van der Waals surface area contributed by atoms with E-state index in [1.165, 1.54) is 12.1 Å². The van der Waals surface area contributed by atoms with Crippen LogP contribution in [0.25, 0.3) is 0 Å². The molecule has 6 nitrogen and oxygen atoms in total. The van der Waals surface area contributed by atoms with Crippen molar-refractivity contribution in [2.24, 2.45) is 5.18 Å². The fraction of sp³-hybridized carbons (Fsp3) is 0.250. The Hall–Kier alpha value is -1.87. The molecule has 4 N–H and O–H groups in total. The fourth-order valence-electron chi connectivity index (χ4n) is 3.08. The van der Waals surface area contributed by atoms with Crippen molar-refractivity contribution in [2.75, 3.05) is 0 Å². The van der Waals surface area contributed by atoms with Gasteiger partial charge in [0.1, 0.15) is 11.4 Å². The van der Waals surface area contributed by atoms with E-state index in [4.69, 9.17) is 0 Å². The molecule has 1 aliphatic rings. The molecule has 0 unspecified atom stereocenters. The number of aliphatic hydroxyl groups is 1. The number of nitroso groups, excluding NO2 is 1. The van der Waals surface area contributed by atoms with Gasteiger partial charge in [0.2, 0.25) is 0 Å². The van der Waals surface area contributed by atoms with Gasteiger partial charge in [-0.2, -0.15) is 0 Å². The van der Waals surface area contributed by atoms with Crippen molar-refractivity contribution in [2.45, 2.75) is 24.9 Å². The maximum atomic E-state index is 10.9. The Balaban J connectivity index is 2.04. The summed E-state index contributed by atoms with van der Waals surface area (Å²) < 4.78 is 0.488. The van der Waals surface area contributed by atoms with Crippen LogP contribution in [-0.4, -0.2) is 26.5 Å². The van der Waals surface area contributed by atoms with Crippen molar-refractivity contribution in [1.29, 1.82) is 0 Å². The van der Waals surface area contributed by atoms with Crippen LogP contribution in [0.4, 0.5) is 5.69 Å². The zero-order chi connectivity index (χ0) is 16.7. The number of phenols is 3. The van der Waals surface area contributed by atoms with Gasteiger partial charge in [0.05, 0.1) is 9.67 Å². The SMILES string of the molecule is O=Nc1cc(O)cc2c1C[C@@H](O)[C@@H](c1cc(O)c(O)c(I)c1)C2. The molecule has 0 fully saturated rings. The second-order valence-corrected chi connectivity index (χ2v) is 6.81. The standard InChI is InChI=1S/C16H14INO5/c17-12-3-8(4-15(21)16(12)22)11-2-7-1-9(19)5-13(18-23)10(7)6-14(11)20/h1,3-5,11,14,19-22H,2,6H2/t11-,14-/m1/s1. The summed E-state index contributed by atoms with van der Waals surface area (Å²) in [5, 5.41) is 42.5. The van der Waals surface area contributed by atoms with Crippen LogP contribution in [0.3, 0.4) is 0 Å². The van der Waals surface area contributed by atoms with E-state index in [1.54, 1.807) is 12.1 Å². The molecule has 2 aromatic carbocycles. The fourth-order valence-corrected chi connectivity index (χ4v) is 3.72. The van der Waals surface area contributed by atoms with Gasteiger partial charge in [-0.05, 0) is 69.1 Å². The lowest BCUT2D eigenvalue weighted by Crippen LogP contribution is -2.28. The van der Waals surface area contributed by atoms with Crippen molar-refractivity contribution in [3.63, 3.8) is 0 Å². The van der Waals surface area contributed by atoms with Gasteiger partial charge in [-0.15, -0.1) is 4.91 Å². The van der Waals surface area contributed by atoms with E-state index < -0.39 is 6.10 Å². The summed E-state index contributed by atoms with van der Waals surface area (Å²) in [7, 11) is 0. The minimum atomic E-state index is -0.757. The lowest BCUT2D eigenvalue weighted by molar-refractivity contribution is 0.135. The van der Waals surface area contributed by atoms with E-state index in [1.807, 2.05) is 22.6 Å². The molecule has 2 aromatic rings. The molecule has 1 aliphatic carbocycles. The lowest BCUT2D eigenvalue weighted by Gasteiger charge is -2.31. The monoisotopic (exact) mass is 427 g/mol. The van der Waals surface area contributed by atoms with E-state index in [9.17, 15) is 25.3 Å². The van der Waals surface area contributed by atoms with Crippen LogP contribution in [-0.2, 0) is 12.8 Å². The van der Waals surface area contributed by atoms with Crippen molar-refractivity contribution in [1.82, 2.24) is 0 Å². The van der Waals surface area contributed by atoms with E-state index in [2.05, 4.69) is 5.18 Å². The van der Waals surface area contributed by atoms with Gasteiger partial charge in [-0.3, -0.25) is 0 Å². The number of benzene rings is 2. The Morgan fingerprint density at radius 1 is 1.09 bits per heavy atom. The Morgan fingerprint density at radius 3 is 2.48 bits per heavy atom. The highest BCUT2D eigenvalue weighted by atomic mass is 127. The van der Waals surface area contributed by atoms with Gasteiger partial charge >= 0.3 is 0 Å². The minimum absolute atomic E-state index is 0.0448. The highest BCUT2D eigenvalue weighted by molar-refractivity contribution is 14.1. The first-order chi connectivity index (χ1) is 10.9. The molecule has 0 amide bonds. The molecule has 3 rings (SSSR count). The van der Waals surface area contributed by atoms with Crippen LogP contribution in [0, 0.1) is 8.48 Å². The Bertz CT molecular complexity index is 769. The number of rotatable bonds is 2. The van der Waals surface area contributed by atoms with Crippen LogP contribution in [0.5, 0.6) is 17.2 Å². The largest absolute Gasteiger partial charge is 0.508 e. The minimum Gasteiger partial charge on any atom is -0.508 e. The van der Waals surface area contributed by atoms with Crippen LogP contribution >= 0.6 is 22.6 Å². The molecule has 7 heteroatoms. The highest BCUT2D eigenvalue weighted by Crippen LogP contribution is 2.42. The molecule has 0 heterocycles. The van der Waals surface area contributed by atoms with Gasteiger partial charge in [-0.25, -0.2) is 0 Å². The summed E-state index contributed by atoms with van der Waals surface area (Å²) in [5.74, 6) is -0.790. The first-order valence-electron chi connectivity index (χ1n) is 6.98. The molecule has 0 bridgehead atoms. The number of aliphatic hydroxyl groups excluding tert-OH is 1. The molecule has 0 spiro atoms. The molecule has 120 valence electrons. The number of fused-ring (bicyclic) bond motifs is 1. The summed E-state index contributed by atoms with van der Waals surface area (Å²) >= 11 is 1.91. The second kappa shape index (κ2) is 5.97. The van der Waals surface area contributed by atoms with Crippen molar-refractivity contribution in [3.8, 4) is 17.2 Å². The smallest absolute Gasteiger partial charge is 0.171 e. The van der Waals surface area contributed by atoms with Gasteiger partial charge in [0, 0.05) is 18.4 Å². The van der Waals surface area contributed by atoms with Crippen LogP contribution in [0.2, 0.25) is 0 Å². The number of halogens is 1. The lowest BCUT2D eigenvalue weighted by atomic mass is 9.77. The zero-order valence-electron chi connectivity index (χ0n) is 11.9. The first kappa shape index (κ1) is 16.0. The Labute approximate surface area is 145 Å². The number of hydrogen-bond donors (Lipinski definition) is 4. The van der Waals surface area contributed by atoms with E-state index in [-0.39, 0.29) is 35.3 Å². The summed E-state index contributed by atoms with van der Waals surface area (Å²) in [5.41, 5.74) is 2.21. The number of aromatic hydroxyl groups is 3. The van der Waals surface area contributed by atoms with Crippen molar-refractivity contribution in [3.05, 3.63) is 49.4 Å². The molecule has 0 aromatic heterocycles. The molecule has 23 heavy (non-hydrogen) atoms. The third kappa shape index (κ3) is 2.86. The molecule has 0 radical (unpaired) electrons. The predicted molar refractivity (Wildman–Crippen MR) is 92.2 cm³/mol. The summed E-state index contributed by atoms with van der Waals surface area (Å²) in [4.78, 5) is 10.9. The maximum absolute atomic E-state index is 10.9. The van der Waals surface area contributed by atoms with Gasteiger partial charge < -0.3 is 20.4 Å². The summed E-state index contributed by atoms with van der Waals surface area (Å²) in [6.45, 7) is 0. The number of phenolic OH excluding ortho intramolecular Hbond substituents is 3. The van der Waals surface area contributed by atoms with E-state index in [0.29, 0.717) is 21.1 Å². The maximum Gasteiger partial charge on any atom is 0.171 e. The van der Waals surface area contributed by atoms with Crippen molar-refractivity contribution >= 4 is 28.3 Å². The highest BCUT2D eigenvalue weighted by Gasteiger charge is 2.31. The normalized spacial score (nSPS) is 20.1. The van der Waals surface area contributed by atoms with Crippen LogP contribution in [0.15, 0.2) is 29.4 Å². The summed E-state index contributed by atoms with van der Waals surface area (Å²) in [6, 6.07) is 5.98. The van der Waals surface area contributed by atoms with Gasteiger partial charge in [0.25, 0.3) is 0 Å². The van der Waals surface area contributed by atoms with Crippen LogP contribution < -0.4 is 0 Å². The predicted octanol–water partition coefficient (Wildman–Crippen LogP) is 3.05. The molecule has 2 atom stereocenters. The Morgan fingerprint density at radius 2 is 1.83 bits per heavy atom. The summed E-state index contributed by atoms with van der Waals surface area (Å²) in [6.07, 6.45) is -0.125. The first-order valence-corrected chi connectivity index (χ1v) is 8.06. The Kier molecular flexibility index (Phi) is 4.15.